The molecule has 2 aromatic carbocycles. The predicted molar refractivity (Wildman–Crippen MR) is 117 cm³/mol. The van der Waals surface area contributed by atoms with Crippen molar-refractivity contribution >= 4 is 35.0 Å². The molecule has 0 unspecified atom stereocenters. The maximum atomic E-state index is 12.4. The number of nitrogens with zero attached hydrogens (tertiary/aromatic N) is 3. The molecule has 0 bridgehead atoms. The van der Waals surface area contributed by atoms with Gasteiger partial charge in [0.1, 0.15) is 11.6 Å². The largest absolute Gasteiger partial charge is 0.495 e. The van der Waals surface area contributed by atoms with E-state index < -0.39 is 0 Å². The predicted octanol–water partition coefficient (Wildman–Crippen LogP) is 4.45. The van der Waals surface area contributed by atoms with E-state index >= 15 is 0 Å². The van der Waals surface area contributed by atoms with Gasteiger partial charge in [0.2, 0.25) is 5.91 Å². The fourth-order valence-electron chi connectivity index (χ4n) is 2.74. The summed E-state index contributed by atoms with van der Waals surface area (Å²) >= 11 is 7.33. The van der Waals surface area contributed by atoms with Gasteiger partial charge in [0.05, 0.1) is 18.6 Å². The Bertz CT molecular complexity index is 992. The number of anilines is 1. The Morgan fingerprint density at radius 2 is 2.07 bits per heavy atom. The number of aromatic nitrogens is 3. The Hall–Kier alpha value is -2.77. The monoisotopic (exact) mass is 428 g/mol. The minimum atomic E-state index is -0.187. The summed E-state index contributed by atoms with van der Waals surface area (Å²) in [5.74, 6) is 1.37. The van der Waals surface area contributed by atoms with E-state index in [-0.39, 0.29) is 11.7 Å². The first-order valence-electron chi connectivity index (χ1n) is 8.93. The number of methoxy groups -OCH3 is 1. The lowest BCUT2D eigenvalue weighted by Crippen LogP contribution is -2.15. The van der Waals surface area contributed by atoms with Gasteiger partial charge in [0, 0.05) is 18.0 Å². The van der Waals surface area contributed by atoms with Crippen LogP contribution in [-0.2, 0) is 17.8 Å². The maximum Gasteiger partial charge on any atom is 0.234 e. The van der Waals surface area contributed by atoms with Crippen molar-refractivity contribution in [2.45, 2.75) is 18.1 Å². The lowest BCUT2D eigenvalue weighted by atomic mass is 10.1. The number of ether oxygens (including phenoxy) is 1. The SMILES string of the molecule is C=CCn1c(Cc2ccccc2)nnc1SCC(=O)Nc1cc(Cl)ccc1OC. The summed E-state index contributed by atoms with van der Waals surface area (Å²) in [6.45, 7) is 4.38. The molecule has 1 aromatic heterocycles. The highest BCUT2D eigenvalue weighted by atomic mass is 35.5. The van der Waals surface area contributed by atoms with Gasteiger partial charge in [-0.1, -0.05) is 59.8 Å². The van der Waals surface area contributed by atoms with Crippen LogP contribution < -0.4 is 10.1 Å². The molecule has 0 aliphatic rings. The minimum absolute atomic E-state index is 0.177. The van der Waals surface area contributed by atoms with Crippen molar-refractivity contribution < 1.29 is 9.53 Å². The average molecular weight is 429 g/mol. The third-order valence-corrected chi connectivity index (χ3v) is 5.28. The molecule has 1 heterocycles. The first-order valence-corrected chi connectivity index (χ1v) is 10.3. The van der Waals surface area contributed by atoms with Crippen LogP contribution in [0.1, 0.15) is 11.4 Å². The second-order valence-electron chi connectivity index (χ2n) is 6.14. The molecule has 3 rings (SSSR count). The van der Waals surface area contributed by atoms with Crippen LogP contribution in [0.3, 0.4) is 0 Å². The van der Waals surface area contributed by atoms with Crippen LogP contribution in [0.2, 0.25) is 5.02 Å². The number of carbonyl (C=O) groups excluding carboxylic acids is 1. The van der Waals surface area contributed by atoms with Crippen molar-refractivity contribution in [3.8, 4) is 5.75 Å². The van der Waals surface area contributed by atoms with Gasteiger partial charge in [-0.05, 0) is 23.8 Å². The summed E-state index contributed by atoms with van der Waals surface area (Å²) in [6.07, 6.45) is 2.45. The van der Waals surface area contributed by atoms with E-state index in [0.29, 0.717) is 34.6 Å². The van der Waals surface area contributed by atoms with Crippen LogP contribution in [0.25, 0.3) is 0 Å². The summed E-state index contributed by atoms with van der Waals surface area (Å²) in [5, 5.41) is 12.6. The molecule has 1 N–H and O–H groups in total. The molecule has 0 aliphatic carbocycles. The highest BCUT2D eigenvalue weighted by Gasteiger charge is 2.15. The van der Waals surface area contributed by atoms with Crippen LogP contribution in [0.15, 0.2) is 66.3 Å². The van der Waals surface area contributed by atoms with Crippen molar-refractivity contribution in [1.29, 1.82) is 0 Å². The van der Waals surface area contributed by atoms with Gasteiger partial charge in [0.25, 0.3) is 0 Å². The maximum absolute atomic E-state index is 12.4. The lowest BCUT2D eigenvalue weighted by molar-refractivity contribution is -0.113. The topological polar surface area (TPSA) is 69.0 Å². The number of thioether (sulfide) groups is 1. The highest BCUT2D eigenvalue weighted by molar-refractivity contribution is 7.99. The molecule has 1 amide bonds. The summed E-state index contributed by atoms with van der Waals surface area (Å²) < 4.78 is 7.23. The molecule has 0 fully saturated rings. The van der Waals surface area contributed by atoms with E-state index in [1.165, 1.54) is 11.8 Å². The molecule has 8 heteroatoms. The number of halogens is 1. The molecule has 0 radical (unpaired) electrons. The first-order chi connectivity index (χ1) is 14.1. The van der Waals surface area contributed by atoms with Crippen LogP contribution in [0, 0.1) is 0 Å². The Balaban J connectivity index is 1.68. The number of hydrogen-bond acceptors (Lipinski definition) is 5. The summed E-state index contributed by atoms with van der Waals surface area (Å²) in [4.78, 5) is 12.4. The normalized spacial score (nSPS) is 10.6. The molecule has 29 heavy (non-hydrogen) atoms. The molecule has 0 spiro atoms. The smallest absolute Gasteiger partial charge is 0.234 e. The van der Waals surface area contributed by atoms with Crippen molar-refractivity contribution in [2.75, 3.05) is 18.2 Å². The van der Waals surface area contributed by atoms with Gasteiger partial charge >= 0.3 is 0 Å². The van der Waals surface area contributed by atoms with Gasteiger partial charge in [0.15, 0.2) is 5.16 Å². The minimum Gasteiger partial charge on any atom is -0.495 e. The van der Waals surface area contributed by atoms with Gasteiger partial charge < -0.3 is 14.6 Å². The molecule has 6 nitrogen and oxygen atoms in total. The molecular formula is C21H21ClN4O2S. The third-order valence-electron chi connectivity index (χ3n) is 4.08. The molecule has 150 valence electrons. The zero-order chi connectivity index (χ0) is 20.6. The van der Waals surface area contributed by atoms with Crippen molar-refractivity contribution in [3.05, 3.63) is 77.6 Å². The van der Waals surface area contributed by atoms with E-state index in [1.807, 2.05) is 34.9 Å². The Kier molecular flexibility index (Phi) is 7.32. The quantitative estimate of drug-likeness (QED) is 0.403. The van der Waals surface area contributed by atoms with Crippen molar-refractivity contribution in [2.24, 2.45) is 0 Å². The van der Waals surface area contributed by atoms with Gasteiger partial charge in [-0.2, -0.15) is 0 Å². The zero-order valence-corrected chi connectivity index (χ0v) is 17.5. The van der Waals surface area contributed by atoms with Crippen LogP contribution >= 0.6 is 23.4 Å². The van der Waals surface area contributed by atoms with E-state index in [9.17, 15) is 4.79 Å². The third kappa shape index (κ3) is 5.62. The van der Waals surface area contributed by atoms with E-state index in [4.69, 9.17) is 16.3 Å². The van der Waals surface area contributed by atoms with Crippen LogP contribution in [0.4, 0.5) is 5.69 Å². The van der Waals surface area contributed by atoms with E-state index in [0.717, 1.165) is 11.4 Å². The Morgan fingerprint density at radius 3 is 2.79 bits per heavy atom. The molecule has 0 saturated carbocycles. The molecular weight excluding hydrogens is 408 g/mol. The Labute approximate surface area is 178 Å². The molecule has 3 aromatic rings. The number of allylic oxidation sites excluding steroid dienone is 1. The molecule has 0 saturated heterocycles. The number of hydrogen-bond donors (Lipinski definition) is 1. The van der Waals surface area contributed by atoms with Crippen LogP contribution in [0.5, 0.6) is 5.75 Å². The lowest BCUT2D eigenvalue weighted by Gasteiger charge is -2.11. The number of benzene rings is 2. The summed E-state index contributed by atoms with van der Waals surface area (Å²) in [7, 11) is 1.54. The van der Waals surface area contributed by atoms with Gasteiger partial charge in [-0.3, -0.25) is 4.79 Å². The van der Waals surface area contributed by atoms with E-state index in [2.05, 4.69) is 22.1 Å². The zero-order valence-electron chi connectivity index (χ0n) is 16.0. The number of amides is 1. The second-order valence-corrected chi connectivity index (χ2v) is 7.52. The number of rotatable bonds is 9. The summed E-state index contributed by atoms with van der Waals surface area (Å²) in [6, 6.07) is 15.1. The standard InChI is InChI=1S/C21H21ClN4O2S/c1-3-11-26-19(12-15-7-5-4-6-8-15)24-25-21(26)29-14-20(27)23-17-13-16(22)9-10-18(17)28-2/h3-10,13H,1,11-12,14H2,2H3,(H,23,27). The average Bonchev–Trinajstić information content (AvgIpc) is 3.09. The van der Waals surface area contributed by atoms with E-state index in [1.54, 1.807) is 31.4 Å². The fourth-order valence-corrected chi connectivity index (χ4v) is 3.68. The fraction of sp³-hybridized carbons (Fsp3) is 0.190. The Morgan fingerprint density at radius 1 is 1.28 bits per heavy atom. The molecule has 0 atom stereocenters. The van der Waals surface area contributed by atoms with Crippen molar-refractivity contribution in [3.63, 3.8) is 0 Å². The number of nitrogens with one attached hydrogen (secondary N) is 1. The second kappa shape index (κ2) is 10.1. The van der Waals surface area contributed by atoms with Crippen molar-refractivity contribution in [1.82, 2.24) is 14.8 Å². The first kappa shape index (κ1) is 21.0. The van der Waals surface area contributed by atoms with Gasteiger partial charge in [-0.25, -0.2) is 0 Å². The molecule has 0 aliphatic heterocycles. The summed E-state index contributed by atoms with van der Waals surface area (Å²) in [5.41, 5.74) is 1.68. The van der Waals surface area contributed by atoms with Gasteiger partial charge in [-0.15, -0.1) is 16.8 Å². The highest BCUT2D eigenvalue weighted by Crippen LogP contribution is 2.28. The van der Waals surface area contributed by atoms with Crippen LogP contribution in [-0.4, -0.2) is 33.5 Å². The number of carbonyl (C=O) groups is 1.